The van der Waals surface area contributed by atoms with Gasteiger partial charge in [0.05, 0.1) is 23.7 Å². The van der Waals surface area contributed by atoms with Gasteiger partial charge >= 0.3 is 0 Å². The zero-order chi connectivity index (χ0) is 19.2. The Morgan fingerprint density at radius 3 is 2.37 bits per heavy atom. The number of nitrogens with one attached hydrogen (secondary N) is 2. The van der Waals surface area contributed by atoms with E-state index in [0.717, 1.165) is 12.8 Å². The van der Waals surface area contributed by atoms with Crippen LogP contribution in [0.15, 0.2) is 30.5 Å². The smallest absolute Gasteiger partial charge is 0.228 e. The molecule has 27 heavy (non-hydrogen) atoms. The predicted octanol–water partition coefficient (Wildman–Crippen LogP) is 1.49. The minimum atomic E-state index is -0.466. The molecule has 142 valence electrons. The molecule has 0 radical (unpaired) electrons. The van der Waals surface area contributed by atoms with Crippen LogP contribution in [0.4, 0.5) is 5.69 Å². The monoisotopic (exact) mass is 388 g/mol. The number of rotatable bonds is 6. The summed E-state index contributed by atoms with van der Waals surface area (Å²) in [6.45, 7) is 0.189. The minimum absolute atomic E-state index is 0.0476. The van der Waals surface area contributed by atoms with Crippen LogP contribution in [0.1, 0.15) is 19.3 Å². The molecule has 3 amide bonds. The van der Waals surface area contributed by atoms with Gasteiger partial charge in [0.25, 0.3) is 0 Å². The maximum atomic E-state index is 13.0. The number of amides is 3. The number of hydrogen-bond donors (Lipinski definition) is 3. The Hall–Kier alpha value is -2.41. The van der Waals surface area contributed by atoms with Crippen molar-refractivity contribution in [2.24, 2.45) is 34.8 Å². The molecule has 0 unspecified atom stereocenters. The molecular weight excluding hydrogens is 368 g/mol. The first-order chi connectivity index (χ1) is 12.9. The SMILES string of the molecule is NC(=O)CCNC(=O)[C@H]1[C@H](C(=O)Nc2ccc(Cl)nc2)[C@@H]2C=C[C@H]1C21CC1. The fraction of sp³-hybridized carbons (Fsp3) is 0.474. The molecule has 0 aromatic carbocycles. The number of primary amides is 1. The molecule has 3 aliphatic rings. The molecule has 4 atom stereocenters. The standard InChI is InChI=1S/C19H21ClN4O3/c20-13-4-1-10(9-23-13)24-18(27)16-12-3-2-11(19(12)6-7-19)15(16)17(26)22-8-5-14(21)25/h1-4,9,11-12,15-16H,5-8H2,(H2,21,25)(H,22,26)(H,24,27)/t11-,12+,15-,16-/m1/s1. The summed E-state index contributed by atoms with van der Waals surface area (Å²) in [5.74, 6) is -1.58. The minimum Gasteiger partial charge on any atom is -0.370 e. The Labute approximate surface area is 161 Å². The highest BCUT2D eigenvalue weighted by molar-refractivity contribution is 6.29. The third-order valence-electron chi connectivity index (χ3n) is 6.11. The average molecular weight is 389 g/mol. The summed E-state index contributed by atoms with van der Waals surface area (Å²) >= 11 is 5.79. The maximum absolute atomic E-state index is 13.0. The fourth-order valence-corrected chi connectivity index (χ4v) is 4.92. The lowest BCUT2D eigenvalue weighted by Gasteiger charge is -2.26. The van der Waals surface area contributed by atoms with Gasteiger partial charge in [-0.25, -0.2) is 4.98 Å². The number of carbonyl (C=O) groups excluding carboxylic acids is 3. The highest BCUT2D eigenvalue weighted by Crippen LogP contribution is 2.72. The summed E-state index contributed by atoms with van der Waals surface area (Å²) < 4.78 is 0. The summed E-state index contributed by atoms with van der Waals surface area (Å²) in [6.07, 6.45) is 7.83. The van der Waals surface area contributed by atoms with Gasteiger partial charge in [0.15, 0.2) is 0 Å². The van der Waals surface area contributed by atoms with Crippen molar-refractivity contribution in [3.05, 3.63) is 35.6 Å². The van der Waals surface area contributed by atoms with E-state index in [-0.39, 0.29) is 42.0 Å². The van der Waals surface area contributed by atoms with Crippen molar-refractivity contribution in [2.45, 2.75) is 19.3 Å². The van der Waals surface area contributed by atoms with Gasteiger partial charge in [0.1, 0.15) is 5.15 Å². The van der Waals surface area contributed by atoms with Gasteiger partial charge in [0, 0.05) is 13.0 Å². The molecule has 2 saturated carbocycles. The van der Waals surface area contributed by atoms with Crippen molar-refractivity contribution in [3.8, 4) is 0 Å². The van der Waals surface area contributed by atoms with Crippen LogP contribution >= 0.6 is 11.6 Å². The second-order valence-electron chi connectivity index (χ2n) is 7.59. The second-order valence-corrected chi connectivity index (χ2v) is 7.97. The lowest BCUT2D eigenvalue weighted by Crippen LogP contribution is -2.42. The molecule has 2 bridgehead atoms. The number of hydrogen-bond acceptors (Lipinski definition) is 4. The first-order valence-electron chi connectivity index (χ1n) is 9.09. The van der Waals surface area contributed by atoms with E-state index in [1.54, 1.807) is 12.1 Å². The van der Waals surface area contributed by atoms with E-state index in [1.165, 1.54) is 6.20 Å². The van der Waals surface area contributed by atoms with Crippen molar-refractivity contribution in [1.82, 2.24) is 10.3 Å². The van der Waals surface area contributed by atoms with Crippen LogP contribution in [0.25, 0.3) is 0 Å². The molecule has 2 fully saturated rings. The zero-order valence-electron chi connectivity index (χ0n) is 14.7. The van der Waals surface area contributed by atoms with Crippen LogP contribution in [0, 0.1) is 29.1 Å². The van der Waals surface area contributed by atoms with E-state index >= 15 is 0 Å². The molecule has 1 aromatic rings. The molecular formula is C19H21ClN4O3. The molecule has 1 heterocycles. The number of anilines is 1. The number of halogens is 1. The number of pyridine rings is 1. The lowest BCUT2D eigenvalue weighted by molar-refractivity contribution is -0.133. The van der Waals surface area contributed by atoms with Crippen molar-refractivity contribution in [2.75, 3.05) is 11.9 Å². The van der Waals surface area contributed by atoms with Crippen LogP contribution < -0.4 is 16.4 Å². The maximum Gasteiger partial charge on any atom is 0.228 e. The molecule has 8 heteroatoms. The Morgan fingerprint density at radius 1 is 1.15 bits per heavy atom. The summed E-state index contributed by atoms with van der Waals surface area (Å²) in [5.41, 5.74) is 5.73. The Balaban J connectivity index is 1.52. The normalized spacial score (nSPS) is 28.9. The first kappa shape index (κ1) is 18.0. The third kappa shape index (κ3) is 3.10. The summed E-state index contributed by atoms with van der Waals surface area (Å²) in [4.78, 5) is 40.8. The Bertz CT molecular complexity index is 819. The summed E-state index contributed by atoms with van der Waals surface area (Å²) in [6, 6.07) is 3.29. The van der Waals surface area contributed by atoms with Crippen LogP contribution in [0.2, 0.25) is 5.15 Å². The zero-order valence-corrected chi connectivity index (χ0v) is 15.4. The van der Waals surface area contributed by atoms with Gasteiger partial charge in [0.2, 0.25) is 17.7 Å². The first-order valence-corrected chi connectivity index (χ1v) is 9.47. The van der Waals surface area contributed by atoms with Crippen molar-refractivity contribution in [3.63, 3.8) is 0 Å². The molecule has 7 nitrogen and oxygen atoms in total. The van der Waals surface area contributed by atoms with Crippen molar-refractivity contribution < 1.29 is 14.4 Å². The number of nitrogens with two attached hydrogens (primary N) is 1. The number of carbonyl (C=O) groups is 3. The highest BCUT2D eigenvalue weighted by atomic mass is 35.5. The van der Waals surface area contributed by atoms with Crippen molar-refractivity contribution >= 4 is 35.0 Å². The molecule has 4 N–H and O–H groups in total. The van der Waals surface area contributed by atoms with Crippen LogP contribution in [0.5, 0.6) is 0 Å². The molecule has 3 aliphatic carbocycles. The van der Waals surface area contributed by atoms with Crippen molar-refractivity contribution in [1.29, 1.82) is 0 Å². The third-order valence-corrected chi connectivity index (χ3v) is 6.34. The van der Waals surface area contributed by atoms with Crippen LogP contribution in [-0.4, -0.2) is 29.3 Å². The van der Waals surface area contributed by atoms with E-state index in [9.17, 15) is 14.4 Å². The van der Waals surface area contributed by atoms with Gasteiger partial charge in [-0.2, -0.15) is 0 Å². The molecule has 1 spiro atoms. The Kier molecular flexibility index (Phi) is 4.42. The second kappa shape index (κ2) is 6.64. The molecule has 1 aromatic heterocycles. The quantitative estimate of drug-likeness (QED) is 0.506. The van der Waals surface area contributed by atoms with Gasteiger partial charge in [-0.05, 0) is 42.2 Å². The van der Waals surface area contributed by atoms with Crippen LogP contribution in [-0.2, 0) is 14.4 Å². The van der Waals surface area contributed by atoms with E-state index in [4.69, 9.17) is 17.3 Å². The van der Waals surface area contributed by atoms with Gasteiger partial charge in [-0.15, -0.1) is 0 Å². The lowest BCUT2D eigenvalue weighted by atomic mass is 9.81. The summed E-state index contributed by atoms with van der Waals surface area (Å²) in [7, 11) is 0. The van der Waals surface area contributed by atoms with E-state index in [2.05, 4.69) is 27.8 Å². The highest BCUT2D eigenvalue weighted by Gasteiger charge is 2.69. The van der Waals surface area contributed by atoms with E-state index < -0.39 is 17.7 Å². The van der Waals surface area contributed by atoms with Gasteiger partial charge in [-0.1, -0.05) is 23.8 Å². The van der Waals surface area contributed by atoms with E-state index in [1.807, 2.05) is 0 Å². The largest absolute Gasteiger partial charge is 0.370 e. The van der Waals surface area contributed by atoms with E-state index in [0.29, 0.717) is 10.8 Å². The topological polar surface area (TPSA) is 114 Å². The van der Waals surface area contributed by atoms with Crippen LogP contribution in [0.3, 0.4) is 0 Å². The number of nitrogens with zero attached hydrogens (tertiary/aromatic N) is 1. The number of aromatic nitrogens is 1. The molecule has 0 aliphatic heterocycles. The molecule has 4 rings (SSSR count). The Morgan fingerprint density at radius 2 is 1.81 bits per heavy atom. The average Bonchev–Trinajstić information content (AvgIpc) is 3.29. The fourth-order valence-electron chi connectivity index (χ4n) is 4.81. The molecule has 0 saturated heterocycles. The number of allylic oxidation sites excluding steroid dienone is 2. The van der Waals surface area contributed by atoms with Gasteiger partial charge in [-0.3, -0.25) is 14.4 Å². The summed E-state index contributed by atoms with van der Waals surface area (Å²) in [5, 5.41) is 6.00. The van der Waals surface area contributed by atoms with Gasteiger partial charge < -0.3 is 16.4 Å². The predicted molar refractivity (Wildman–Crippen MR) is 99.5 cm³/mol.